The summed E-state index contributed by atoms with van der Waals surface area (Å²) in [5.74, 6) is -1.26. The third-order valence-electron chi connectivity index (χ3n) is 2.84. The van der Waals surface area contributed by atoms with E-state index in [9.17, 15) is 14.4 Å². The van der Waals surface area contributed by atoms with Gasteiger partial charge in [-0.05, 0) is 12.1 Å². The highest BCUT2D eigenvalue weighted by Crippen LogP contribution is 2.39. The highest BCUT2D eigenvalue weighted by atomic mass is 35.5. The highest BCUT2D eigenvalue weighted by molar-refractivity contribution is 6.32. The summed E-state index contributed by atoms with van der Waals surface area (Å²) in [6.07, 6.45) is 0. The number of imide groups is 1. The Kier molecular flexibility index (Phi) is 1.77. The monoisotopic (exact) mass is 251 g/mol. The smallest absolute Gasteiger partial charge is 0.323 e. The quantitative estimate of drug-likeness (QED) is 0.459. The molecule has 0 radical (unpaired) electrons. The zero-order valence-electron chi connectivity index (χ0n) is 8.33. The van der Waals surface area contributed by atoms with Crippen molar-refractivity contribution in [1.29, 1.82) is 0 Å². The van der Waals surface area contributed by atoms with Gasteiger partial charge in [0.2, 0.25) is 5.54 Å². The van der Waals surface area contributed by atoms with Crippen molar-refractivity contribution in [3.63, 3.8) is 0 Å². The van der Waals surface area contributed by atoms with Crippen LogP contribution in [0.2, 0.25) is 5.02 Å². The summed E-state index contributed by atoms with van der Waals surface area (Å²) in [4.78, 5) is 34.9. The molecule has 86 valence electrons. The van der Waals surface area contributed by atoms with E-state index in [1.807, 2.05) is 0 Å². The SMILES string of the molecule is O=C1NC(=O)C2(N1)C(=O)Nc1cc(Cl)ccc12. The maximum Gasteiger partial charge on any atom is 0.323 e. The molecule has 0 aromatic heterocycles. The number of benzene rings is 1. The van der Waals surface area contributed by atoms with E-state index in [1.165, 1.54) is 6.07 Å². The lowest BCUT2D eigenvalue weighted by Crippen LogP contribution is -2.49. The molecule has 1 unspecified atom stereocenters. The molecule has 1 fully saturated rings. The Morgan fingerprint density at radius 2 is 1.76 bits per heavy atom. The fourth-order valence-electron chi connectivity index (χ4n) is 2.09. The first kappa shape index (κ1) is 10.1. The summed E-state index contributed by atoms with van der Waals surface area (Å²) in [7, 11) is 0. The Balaban J connectivity index is 2.24. The molecule has 0 saturated carbocycles. The second kappa shape index (κ2) is 2.98. The number of amides is 4. The Morgan fingerprint density at radius 1 is 1.06 bits per heavy atom. The van der Waals surface area contributed by atoms with Gasteiger partial charge in [-0.2, -0.15) is 0 Å². The van der Waals surface area contributed by atoms with Crippen molar-refractivity contribution in [2.24, 2.45) is 0 Å². The van der Waals surface area contributed by atoms with Crippen molar-refractivity contribution in [2.75, 3.05) is 5.32 Å². The van der Waals surface area contributed by atoms with Crippen LogP contribution < -0.4 is 16.0 Å². The Bertz CT molecular complexity index is 586. The molecule has 1 spiro atoms. The lowest BCUT2D eigenvalue weighted by atomic mass is 9.92. The predicted octanol–water partition coefficient (Wildman–Crippen LogP) is 0.327. The van der Waals surface area contributed by atoms with E-state index in [4.69, 9.17) is 11.6 Å². The molecule has 17 heavy (non-hydrogen) atoms. The summed E-state index contributed by atoms with van der Waals surface area (Å²) in [6, 6.07) is 3.94. The number of carbonyl (C=O) groups is 3. The Hall–Kier alpha value is -2.08. The van der Waals surface area contributed by atoms with E-state index >= 15 is 0 Å². The average Bonchev–Trinajstić information content (AvgIpc) is 2.68. The molecule has 3 N–H and O–H groups in total. The van der Waals surface area contributed by atoms with Crippen LogP contribution in [0, 0.1) is 0 Å². The fraction of sp³-hybridized carbons (Fsp3) is 0.100. The van der Waals surface area contributed by atoms with Crippen molar-refractivity contribution in [2.45, 2.75) is 5.54 Å². The van der Waals surface area contributed by atoms with Gasteiger partial charge in [-0.1, -0.05) is 17.7 Å². The Labute approximate surface area is 100 Å². The van der Waals surface area contributed by atoms with Crippen LogP contribution in [0.4, 0.5) is 10.5 Å². The molecule has 0 bridgehead atoms. The van der Waals surface area contributed by atoms with Gasteiger partial charge in [0.05, 0.1) is 0 Å². The molecule has 6 nitrogen and oxygen atoms in total. The van der Waals surface area contributed by atoms with Gasteiger partial charge in [-0.25, -0.2) is 4.79 Å². The third kappa shape index (κ3) is 1.13. The van der Waals surface area contributed by atoms with Crippen LogP contribution in [0.15, 0.2) is 18.2 Å². The summed E-state index contributed by atoms with van der Waals surface area (Å²) in [5, 5.41) is 7.36. The minimum Gasteiger partial charge on any atom is -0.323 e. The van der Waals surface area contributed by atoms with Crippen molar-refractivity contribution < 1.29 is 14.4 Å². The van der Waals surface area contributed by atoms with Gasteiger partial charge in [-0.15, -0.1) is 0 Å². The second-order valence-electron chi connectivity index (χ2n) is 3.80. The average molecular weight is 252 g/mol. The van der Waals surface area contributed by atoms with Crippen LogP contribution >= 0.6 is 11.6 Å². The first-order valence-corrected chi connectivity index (χ1v) is 5.17. The molecular formula is C10H6ClN3O3. The molecule has 2 aliphatic heterocycles. The summed E-state index contributed by atoms with van der Waals surface area (Å²) in [6.45, 7) is 0. The van der Waals surface area contributed by atoms with E-state index in [0.29, 0.717) is 16.3 Å². The lowest BCUT2D eigenvalue weighted by Gasteiger charge is -2.17. The van der Waals surface area contributed by atoms with Gasteiger partial charge in [0.25, 0.3) is 11.8 Å². The van der Waals surface area contributed by atoms with Crippen molar-refractivity contribution in [1.82, 2.24) is 10.6 Å². The standard InChI is InChI=1S/C10H6ClN3O3/c11-4-1-2-5-6(3-4)12-7(15)10(5)8(16)13-9(17)14-10/h1-3H,(H,12,15)(H2,13,14,16,17). The number of fused-ring (bicyclic) bond motifs is 2. The van der Waals surface area contributed by atoms with Crippen molar-refractivity contribution >= 4 is 35.1 Å². The van der Waals surface area contributed by atoms with E-state index in [2.05, 4.69) is 16.0 Å². The molecule has 2 heterocycles. The zero-order valence-corrected chi connectivity index (χ0v) is 9.09. The number of anilines is 1. The summed E-state index contributed by atoms with van der Waals surface area (Å²) < 4.78 is 0. The van der Waals surface area contributed by atoms with Gasteiger partial charge in [0.15, 0.2) is 0 Å². The minimum absolute atomic E-state index is 0.398. The normalized spacial score (nSPS) is 25.6. The van der Waals surface area contributed by atoms with Crippen LogP contribution in [-0.2, 0) is 15.1 Å². The van der Waals surface area contributed by atoms with Gasteiger partial charge < -0.3 is 10.6 Å². The molecule has 0 aliphatic carbocycles. The van der Waals surface area contributed by atoms with Gasteiger partial charge in [0, 0.05) is 16.3 Å². The van der Waals surface area contributed by atoms with E-state index in [-0.39, 0.29) is 0 Å². The molecule has 7 heteroatoms. The van der Waals surface area contributed by atoms with Gasteiger partial charge in [0.1, 0.15) is 0 Å². The minimum atomic E-state index is -1.66. The highest BCUT2D eigenvalue weighted by Gasteiger charge is 2.58. The molecule has 3 rings (SSSR count). The predicted molar refractivity (Wildman–Crippen MR) is 58.4 cm³/mol. The van der Waals surface area contributed by atoms with E-state index in [0.717, 1.165) is 0 Å². The molecular weight excluding hydrogens is 246 g/mol. The maximum absolute atomic E-state index is 11.9. The van der Waals surface area contributed by atoms with Gasteiger partial charge >= 0.3 is 6.03 Å². The summed E-state index contributed by atoms with van der Waals surface area (Å²) in [5.41, 5.74) is -0.827. The largest absolute Gasteiger partial charge is 0.323 e. The topological polar surface area (TPSA) is 87.3 Å². The Morgan fingerprint density at radius 3 is 2.41 bits per heavy atom. The second-order valence-corrected chi connectivity index (χ2v) is 4.24. The molecule has 2 aliphatic rings. The zero-order chi connectivity index (χ0) is 12.2. The number of carbonyl (C=O) groups excluding carboxylic acids is 3. The van der Waals surface area contributed by atoms with Crippen molar-refractivity contribution in [3.8, 4) is 0 Å². The number of halogens is 1. The first-order chi connectivity index (χ1) is 8.04. The number of hydrogen-bond donors (Lipinski definition) is 3. The van der Waals surface area contributed by atoms with Crippen LogP contribution in [0.1, 0.15) is 5.56 Å². The van der Waals surface area contributed by atoms with Gasteiger partial charge in [-0.3, -0.25) is 14.9 Å². The number of nitrogens with one attached hydrogen (secondary N) is 3. The molecule has 1 atom stereocenters. The fourth-order valence-corrected chi connectivity index (χ4v) is 2.26. The molecule has 1 aromatic carbocycles. The number of urea groups is 1. The van der Waals surface area contributed by atoms with Crippen LogP contribution in [0.25, 0.3) is 0 Å². The third-order valence-corrected chi connectivity index (χ3v) is 3.08. The maximum atomic E-state index is 11.9. The van der Waals surface area contributed by atoms with E-state index in [1.54, 1.807) is 12.1 Å². The van der Waals surface area contributed by atoms with E-state index < -0.39 is 23.4 Å². The molecule has 1 saturated heterocycles. The summed E-state index contributed by atoms with van der Waals surface area (Å²) >= 11 is 5.79. The van der Waals surface area contributed by atoms with Crippen LogP contribution in [0.3, 0.4) is 0 Å². The van der Waals surface area contributed by atoms with Crippen LogP contribution in [-0.4, -0.2) is 17.8 Å². The lowest BCUT2D eigenvalue weighted by molar-refractivity contribution is -0.132. The first-order valence-electron chi connectivity index (χ1n) is 4.79. The number of rotatable bonds is 0. The van der Waals surface area contributed by atoms with Crippen molar-refractivity contribution in [3.05, 3.63) is 28.8 Å². The molecule has 1 aromatic rings. The molecule has 4 amide bonds. The van der Waals surface area contributed by atoms with Crippen LogP contribution in [0.5, 0.6) is 0 Å². The number of hydrogen-bond acceptors (Lipinski definition) is 3.